The van der Waals surface area contributed by atoms with Crippen molar-refractivity contribution >= 4 is 22.3 Å². The molecule has 0 fully saturated rings. The van der Waals surface area contributed by atoms with Crippen LogP contribution in [-0.2, 0) is 0 Å². The zero-order valence-electron chi connectivity index (χ0n) is 6.03. The second kappa shape index (κ2) is 3.09. The molecule has 0 radical (unpaired) electrons. The molecule has 50 valence electrons. The Balaban J connectivity index is 3.39. The zero-order chi connectivity index (χ0) is 6.78. The van der Waals surface area contributed by atoms with Crippen molar-refractivity contribution < 1.29 is 0 Å². The first kappa shape index (κ1) is 8.79. The Morgan fingerprint density at radius 1 is 1.38 bits per heavy atom. The Bertz CT molecular complexity index is 67.3. The van der Waals surface area contributed by atoms with Crippen LogP contribution in [-0.4, -0.2) is 36.7 Å². The van der Waals surface area contributed by atoms with Crippen molar-refractivity contribution in [3.05, 3.63) is 0 Å². The molecule has 0 N–H and O–H groups in total. The molecule has 0 saturated heterocycles. The third kappa shape index (κ3) is 6.79. The Morgan fingerprint density at radius 2 is 1.75 bits per heavy atom. The molecule has 0 aliphatic carbocycles. The fraction of sp³-hybridized carbons (Fsp3) is 1.00. The topological polar surface area (TPSA) is 3.24 Å². The predicted molar refractivity (Wildman–Crippen MR) is 41.9 cm³/mol. The van der Waals surface area contributed by atoms with Crippen LogP contribution in [0.2, 0.25) is 11.5 Å². The first-order valence-corrected chi connectivity index (χ1v) is 11.2. The molecule has 0 amide bonds. The van der Waals surface area contributed by atoms with E-state index in [0.29, 0.717) is 0 Å². The fourth-order valence-electron chi connectivity index (χ4n) is 0.752. The molecule has 0 aromatic carbocycles. The molecule has 1 nitrogen and oxygen atoms in total. The molecule has 3 heteroatoms. The number of rotatable bonds is 2. The molecule has 0 aliphatic rings. The van der Waals surface area contributed by atoms with Gasteiger partial charge in [-0.2, -0.15) is 0 Å². The molecular weight excluding hydrogens is 182 g/mol. The van der Waals surface area contributed by atoms with E-state index in [2.05, 4.69) is 30.5 Å². The van der Waals surface area contributed by atoms with Gasteiger partial charge >= 0.3 is 58.2 Å². The molecule has 0 bridgehead atoms. The maximum absolute atomic E-state index is 6.07. The maximum atomic E-state index is 6.07. The standard InChI is InChI=1S/C5H14ClGeN/c1-7(2,6)5-8(3)4/h5H2,1-4H3. The van der Waals surface area contributed by atoms with Gasteiger partial charge in [-0.05, 0) is 0 Å². The summed E-state index contributed by atoms with van der Waals surface area (Å²) in [6.45, 7) is 0. The van der Waals surface area contributed by atoms with Gasteiger partial charge in [0.25, 0.3) is 0 Å². The number of hydrogen-bond donors (Lipinski definition) is 0. The third-order valence-electron chi connectivity index (χ3n) is 0.692. The minimum atomic E-state index is -1.76. The molecule has 0 aromatic rings. The minimum absolute atomic E-state index is 1.11. The van der Waals surface area contributed by atoms with Gasteiger partial charge in [-0.15, -0.1) is 0 Å². The van der Waals surface area contributed by atoms with Crippen LogP contribution in [0.5, 0.6) is 0 Å². The molecule has 0 aliphatic heterocycles. The average molecular weight is 196 g/mol. The van der Waals surface area contributed by atoms with Crippen molar-refractivity contribution in [1.29, 1.82) is 0 Å². The van der Waals surface area contributed by atoms with Gasteiger partial charge < -0.3 is 0 Å². The van der Waals surface area contributed by atoms with Crippen LogP contribution in [0.1, 0.15) is 0 Å². The quantitative estimate of drug-likeness (QED) is 0.605. The van der Waals surface area contributed by atoms with Gasteiger partial charge in [-0.3, -0.25) is 0 Å². The van der Waals surface area contributed by atoms with Crippen LogP contribution >= 0.6 is 10.0 Å². The molecule has 0 aromatic heterocycles. The van der Waals surface area contributed by atoms with Crippen molar-refractivity contribution in [2.75, 3.05) is 19.5 Å². The van der Waals surface area contributed by atoms with E-state index in [1.165, 1.54) is 0 Å². The van der Waals surface area contributed by atoms with Crippen molar-refractivity contribution in [1.82, 2.24) is 4.90 Å². The van der Waals surface area contributed by atoms with E-state index in [1.807, 2.05) is 0 Å². The Hall–Kier alpha value is 0.793. The first-order valence-electron chi connectivity index (χ1n) is 2.75. The van der Waals surface area contributed by atoms with E-state index >= 15 is 0 Å². The average Bonchev–Trinajstić information content (AvgIpc) is 1.21. The van der Waals surface area contributed by atoms with E-state index in [1.54, 1.807) is 0 Å². The molecular formula is C5H14ClGeN. The second-order valence-electron chi connectivity index (χ2n) is 2.96. The van der Waals surface area contributed by atoms with Crippen LogP contribution in [0.25, 0.3) is 0 Å². The number of halogens is 1. The van der Waals surface area contributed by atoms with Gasteiger partial charge in [-0.1, -0.05) is 0 Å². The van der Waals surface area contributed by atoms with Gasteiger partial charge in [0, 0.05) is 0 Å². The second-order valence-corrected chi connectivity index (χ2v) is 16.1. The Morgan fingerprint density at radius 3 is 1.75 bits per heavy atom. The number of nitrogens with zero attached hydrogens (tertiary/aromatic N) is 1. The molecule has 0 spiro atoms. The summed E-state index contributed by atoms with van der Waals surface area (Å²) in [6, 6.07) is 0. The molecule has 0 saturated carbocycles. The summed E-state index contributed by atoms with van der Waals surface area (Å²) in [5, 5.41) is 1.11. The normalized spacial score (nSPS) is 12.8. The molecule has 0 atom stereocenters. The van der Waals surface area contributed by atoms with Gasteiger partial charge in [0.2, 0.25) is 0 Å². The van der Waals surface area contributed by atoms with E-state index < -0.39 is 12.3 Å². The Labute approximate surface area is 58.6 Å². The van der Waals surface area contributed by atoms with E-state index in [0.717, 1.165) is 5.38 Å². The summed E-state index contributed by atoms with van der Waals surface area (Å²) >= 11 is -1.76. The van der Waals surface area contributed by atoms with Gasteiger partial charge in [0.15, 0.2) is 0 Å². The van der Waals surface area contributed by atoms with Crippen molar-refractivity contribution in [3.63, 3.8) is 0 Å². The van der Waals surface area contributed by atoms with Gasteiger partial charge in [-0.25, -0.2) is 0 Å². The van der Waals surface area contributed by atoms with Gasteiger partial charge in [0.05, 0.1) is 0 Å². The number of hydrogen-bond acceptors (Lipinski definition) is 1. The molecule has 8 heavy (non-hydrogen) atoms. The first-order chi connectivity index (χ1) is 3.42. The summed E-state index contributed by atoms with van der Waals surface area (Å²) in [7, 11) is 10.2. The molecule has 0 unspecified atom stereocenters. The van der Waals surface area contributed by atoms with Crippen LogP contribution in [0.3, 0.4) is 0 Å². The van der Waals surface area contributed by atoms with E-state index in [4.69, 9.17) is 10.0 Å². The van der Waals surface area contributed by atoms with Gasteiger partial charge in [0.1, 0.15) is 0 Å². The summed E-state index contributed by atoms with van der Waals surface area (Å²) in [4.78, 5) is 2.16. The van der Waals surface area contributed by atoms with Crippen LogP contribution in [0, 0.1) is 0 Å². The summed E-state index contributed by atoms with van der Waals surface area (Å²) < 4.78 is 0. The molecule has 0 heterocycles. The monoisotopic (exact) mass is 197 g/mol. The summed E-state index contributed by atoms with van der Waals surface area (Å²) in [6.07, 6.45) is 0. The third-order valence-corrected chi connectivity index (χ3v) is 4.22. The van der Waals surface area contributed by atoms with Crippen molar-refractivity contribution in [2.45, 2.75) is 11.5 Å². The predicted octanol–water partition coefficient (Wildman–Crippen LogP) is 1.53. The summed E-state index contributed by atoms with van der Waals surface area (Å²) in [5.74, 6) is 4.39. The van der Waals surface area contributed by atoms with E-state index in [9.17, 15) is 0 Å². The van der Waals surface area contributed by atoms with Crippen LogP contribution < -0.4 is 0 Å². The zero-order valence-corrected chi connectivity index (χ0v) is 8.89. The molecule has 0 rings (SSSR count). The Kier molecular flexibility index (Phi) is 3.39. The van der Waals surface area contributed by atoms with Crippen LogP contribution in [0.15, 0.2) is 0 Å². The van der Waals surface area contributed by atoms with Crippen molar-refractivity contribution in [2.24, 2.45) is 0 Å². The fourth-order valence-corrected chi connectivity index (χ4v) is 5.15. The van der Waals surface area contributed by atoms with Crippen LogP contribution in [0.4, 0.5) is 0 Å². The van der Waals surface area contributed by atoms with Crippen molar-refractivity contribution in [3.8, 4) is 0 Å². The SMILES string of the molecule is CN(C)[CH2][Ge]([CH3])([CH3])[Cl]. The van der Waals surface area contributed by atoms with E-state index in [-0.39, 0.29) is 0 Å². The summed E-state index contributed by atoms with van der Waals surface area (Å²) in [5.41, 5.74) is 0.